The summed E-state index contributed by atoms with van der Waals surface area (Å²) in [5.74, 6) is 0.324. The van der Waals surface area contributed by atoms with E-state index in [-0.39, 0.29) is 6.04 Å². The lowest BCUT2D eigenvalue weighted by Gasteiger charge is -2.35. The summed E-state index contributed by atoms with van der Waals surface area (Å²) in [4.78, 5) is 2.51. The number of halogens is 1. The zero-order valence-electron chi connectivity index (χ0n) is 12.8. The molecule has 1 fully saturated rings. The first-order valence-electron chi connectivity index (χ1n) is 7.18. The minimum atomic E-state index is -3.46. The molecule has 1 aliphatic rings. The lowest BCUT2D eigenvalue weighted by atomic mass is 10.1. The first kappa shape index (κ1) is 16.7. The van der Waals surface area contributed by atoms with Gasteiger partial charge in [-0.25, -0.2) is 8.42 Å². The van der Waals surface area contributed by atoms with Crippen LogP contribution in [0.5, 0.6) is 0 Å². The van der Waals surface area contributed by atoms with Crippen LogP contribution < -0.4 is 0 Å². The van der Waals surface area contributed by atoms with Gasteiger partial charge in [-0.15, -0.1) is 11.6 Å². The van der Waals surface area contributed by atoms with Gasteiger partial charge in [0.05, 0.1) is 4.90 Å². The van der Waals surface area contributed by atoms with Crippen LogP contribution in [0.15, 0.2) is 23.1 Å². The number of alkyl halides is 1. The van der Waals surface area contributed by atoms with Gasteiger partial charge < -0.3 is 4.90 Å². The second kappa shape index (κ2) is 6.65. The second-order valence-corrected chi connectivity index (χ2v) is 8.07. The van der Waals surface area contributed by atoms with Gasteiger partial charge in [0.15, 0.2) is 0 Å². The summed E-state index contributed by atoms with van der Waals surface area (Å²) in [6.45, 7) is 3.75. The maximum Gasteiger partial charge on any atom is 0.243 e. The summed E-state index contributed by atoms with van der Waals surface area (Å²) >= 11 is 5.89. The van der Waals surface area contributed by atoms with Crippen LogP contribution >= 0.6 is 11.6 Å². The van der Waals surface area contributed by atoms with E-state index >= 15 is 0 Å². The summed E-state index contributed by atoms with van der Waals surface area (Å²) in [7, 11) is 0.248. The Bertz CT molecular complexity index is 604. The topological polar surface area (TPSA) is 40.6 Å². The van der Waals surface area contributed by atoms with Crippen molar-refractivity contribution >= 4 is 21.6 Å². The van der Waals surface area contributed by atoms with E-state index in [2.05, 4.69) is 4.90 Å². The fraction of sp³-hybridized carbons (Fsp3) is 0.600. The third kappa shape index (κ3) is 3.59. The van der Waals surface area contributed by atoms with Gasteiger partial charge in [-0.3, -0.25) is 0 Å². The van der Waals surface area contributed by atoms with Gasteiger partial charge in [-0.05, 0) is 56.6 Å². The molecule has 0 aliphatic carbocycles. The van der Waals surface area contributed by atoms with Gasteiger partial charge in [-0.2, -0.15) is 4.31 Å². The maximum absolute atomic E-state index is 12.8. The molecular weight excluding hydrogens is 308 g/mol. The highest BCUT2D eigenvalue weighted by atomic mass is 35.5. The summed E-state index contributed by atoms with van der Waals surface area (Å²) in [5, 5.41) is 0. The maximum atomic E-state index is 12.8. The lowest BCUT2D eigenvalue weighted by Crippen LogP contribution is -2.47. The molecule has 0 N–H and O–H groups in total. The molecule has 0 radical (unpaired) electrons. The summed E-state index contributed by atoms with van der Waals surface area (Å²) in [5.41, 5.74) is 1.89. The molecule has 118 valence electrons. The third-order valence-electron chi connectivity index (χ3n) is 4.26. The number of hydrogen-bond acceptors (Lipinski definition) is 3. The highest BCUT2D eigenvalue weighted by Gasteiger charge is 2.30. The Morgan fingerprint density at radius 2 is 2.14 bits per heavy atom. The molecule has 21 heavy (non-hydrogen) atoms. The van der Waals surface area contributed by atoms with E-state index in [9.17, 15) is 8.42 Å². The molecule has 4 nitrogen and oxygen atoms in total. The van der Waals surface area contributed by atoms with Crippen LogP contribution in [0.2, 0.25) is 0 Å². The molecule has 1 heterocycles. The van der Waals surface area contributed by atoms with E-state index in [4.69, 9.17) is 11.6 Å². The third-order valence-corrected chi connectivity index (χ3v) is 6.45. The number of rotatable bonds is 4. The van der Waals surface area contributed by atoms with Crippen LogP contribution in [0.25, 0.3) is 0 Å². The van der Waals surface area contributed by atoms with Crippen molar-refractivity contribution in [1.29, 1.82) is 0 Å². The van der Waals surface area contributed by atoms with Crippen LogP contribution in [0.4, 0.5) is 0 Å². The molecule has 0 aromatic heterocycles. The average Bonchev–Trinajstić information content (AvgIpc) is 2.46. The fourth-order valence-corrected chi connectivity index (χ4v) is 4.47. The van der Waals surface area contributed by atoms with Crippen LogP contribution in [-0.4, -0.2) is 50.8 Å². The zero-order valence-corrected chi connectivity index (χ0v) is 14.4. The van der Waals surface area contributed by atoms with Crippen molar-refractivity contribution in [3.05, 3.63) is 29.3 Å². The van der Waals surface area contributed by atoms with Gasteiger partial charge in [0.2, 0.25) is 10.0 Å². The quantitative estimate of drug-likeness (QED) is 0.796. The molecular formula is C15H23ClN2O2S. The van der Waals surface area contributed by atoms with Crippen molar-refractivity contribution in [3.8, 4) is 0 Å². The van der Waals surface area contributed by atoms with Gasteiger partial charge in [0.25, 0.3) is 0 Å². The Kier molecular flexibility index (Phi) is 5.30. The average molecular weight is 331 g/mol. The fourth-order valence-electron chi connectivity index (χ4n) is 2.75. The molecule has 1 aromatic rings. The second-order valence-electron chi connectivity index (χ2n) is 5.80. The van der Waals surface area contributed by atoms with Gasteiger partial charge >= 0.3 is 0 Å². The standard InChI is InChI=1S/C15H23ClN2O2S/c1-12-6-7-15(9-13(12)10-16)21(19,20)18(3)14-5-4-8-17(2)11-14/h6-7,9,14H,4-5,8,10-11H2,1-3H3. The number of likely N-dealkylation sites (tertiary alicyclic amines) is 1. The van der Waals surface area contributed by atoms with E-state index in [1.807, 2.05) is 20.0 Å². The normalized spacial score (nSPS) is 20.9. The summed E-state index contributed by atoms with van der Waals surface area (Å²) in [6.07, 6.45) is 1.94. The van der Waals surface area contributed by atoms with Gasteiger partial charge in [0.1, 0.15) is 0 Å². The number of aryl methyl sites for hydroxylation is 1. The number of benzene rings is 1. The Balaban J connectivity index is 2.28. The number of nitrogens with zero attached hydrogens (tertiary/aromatic N) is 2. The van der Waals surface area contributed by atoms with Crippen molar-refractivity contribution in [2.24, 2.45) is 0 Å². The molecule has 1 saturated heterocycles. The minimum absolute atomic E-state index is 0.0366. The van der Waals surface area contributed by atoms with Gasteiger partial charge in [-0.1, -0.05) is 6.07 Å². The van der Waals surface area contributed by atoms with Crippen molar-refractivity contribution in [2.45, 2.75) is 36.6 Å². The largest absolute Gasteiger partial charge is 0.305 e. The Morgan fingerprint density at radius 1 is 1.43 bits per heavy atom. The first-order chi connectivity index (χ1) is 9.86. The highest BCUT2D eigenvalue weighted by molar-refractivity contribution is 7.89. The Hall–Kier alpha value is -0.620. The Labute approximate surface area is 132 Å². The van der Waals surface area contributed by atoms with E-state index in [0.717, 1.165) is 37.1 Å². The Morgan fingerprint density at radius 3 is 2.76 bits per heavy atom. The number of piperidine rings is 1. The number of sulfonamides is 1. The predicted octanol–water partition coefficient (Wildman–Crippen LogP) is 2.45. The van der Waals surface area contributed by atoms with E-state index in [1.54, 1.807) is 19.2 Å². The highest BCUT2D eigenvalue weighted by Crippen LogP contribution is 2.24. The van der Waals surface area contributed by atoms with Crippen molar-refractivity contribution in [2.75, 3.05) is 27.2 Å². The molecule has 0 amide bonds. The molecule has 1 atom stereocenters. The van der Waals surface area contributed by atoms with Crippen LogP contribution in [0.1, 0.15) is 24.0 Å². The van der Waals surface area contributed by atoms with Crippen LogP contribution in [0, 0.1) is 6.92 Å². The molecule has 1 aliphatic heterocycles. The summed E-state index contributed by atoms with van der Waals surface area (Å²) in [6, 6.07) is 5.23. The summed E-state index contributed by atoms with van der Waals surface area (Å²) < 4.78 is 27.1. The first-order valence-corrected chi connectivity index (χ1v) is 9.16. The lowest BCUT2D eigenvalue weighted by molar-refractivity contribution is 0.187. The SMILES string of the molecule is Cc1ccc(S(=O)(=O)N(C)C2CCCN(C)C2)cc1CCl. The zero-order chi connectivity index (χ0) is 15.6. The molecule has 0 saturated carbocycles. The van der Waals surface area contributed by atoms with Gasteiger partial charge in [0, 0.05) is 25.5 Å². The van der Waals surface area contributed by atoms with E-state index in [1.165, 1.54) is 4.31 Å². The van der Waals surface area contributed by atoms with E-state index in [0.29, 0.717) is 10.8 Å². The van der Waals surface area contributed by atoms with Crippen LogP contribution in [-0.2, 0) is 15.9 Å². The molecule has 1 aromatic carbocycles. The van der Waals surface area contributed by atoms with Crippen LogP contribution in [0.3, 0.4) is 0 Å². The van der Waals surface area contributed by atoms with Crippen molar-refractivity contribution < 1.29 is 8.42 Å². The molecule has 2 rings (SSSR count). The van der Waals surface area contributed by atoms with Crippen molar-refractivity contribution in [3.63, 3.8) is 0 Å². The van der Waals surface area contributed by atoms with Crippen molar-refractivity contribution in [1.82, 2.24) is 9.21 Å². The smallest absolute Gasteiger partial charge is 0.243 e. The minimum Gasteiger partial charge on any atom is -0.305 e. The molecule has 6 heteroatoms. The molecule has 0 bridgehead atoms. The number of hydrogen-bond donors (Lipinski definition) is 0. The monoisotopic (exact) mass is 330 g/mol. The molecule has 0 spiro atoms. The predicted molar refractivity (Wildman–Crippen MR) is 86.2 cm³/mol. The van der Waals surface area contributed by atoms with E-state index < -0.39 is 10.0 Å². The molecule has 1 unspecified atom stereocenters. The number of likely N-dealkylation sites (N-methyl/N-ethyl adjacent to an activating group) is 2.